The first-order valence-electron chi connectivity index (χ1n) is 15.4. The fourth-order valence-corrected chi connectivity index (χ4v) is 8.08. The van der Waals surface area contributed by atoms with E-state index in [1.807, 2.05) is 18.2 Å². The van der Waals surface area contributed by atoms with E-state index in [-0.39, 0.29) is 0 Å². The highest BCUT2D eigenvalue weighted by Gasteiger charge is 2.21. The summed E-state index contributed by atoms with van der Waals surface area (Å²) in [7, 11) is 0. The van der Waals surface area contributed by atoms with Gasteiger partial charge in [0.05, 0.1) is 11.0 Å². The molecule has 0 aliphatic heterocycles. The Hall–Kier alpha value is -5.91. The molecule has 0 spiro atoms. The smallest absolute Gasteiger partial charge is 0.238 e. The molecule has 0 atom stereocenters. The van der Waals surface area contributed by atoms with Gasteiger partial charge in [-0.1, -0.05) is 115 Å². The molecular formula is C41H24N4S. The largest absolute Gasteiger partial charge is 0.278 e. The van der Waals surface area contributed by atoms with E-state index >= 15 is 0 Å². The molecule has 0 aliphatic carbocycles. The summed E-state index contributed by atoms with van der Waals surface area (Å²) in [6.07, 6.45) is 0. The number of thiophene rings is 1. The zero-order chi connectivity index (χ0) is 30.2. The van der Waals surface area contributed by atoms with Gasteiger partial charge in [0.15, 0.2) is 11.6 Å². The van der Waals surface area contributed by atoms with E-state index in [0.29, 0.717) is 17.6 Å². The molecule has 0 radical (unpaired) electrons. The number of fused-ring (bicyclic) bond motifs is 9. The predicted octanol–water partition coefficient (Wildman–Crippen LogP) is 11.0. The van der Waals surface area contributed by atoms with Crippen LogP contribution in [0, 0.1) is 0 Å². The first kappa shape index (κ1) is 25.4. The van der Waals surface area contributed by atoms with Gasteiger partial charge in [0, 0.05) is 42.1 Å². The lowest BCUT2D eigenvalue weighted by molar-refractivity contribution is 0.955. The Kier molecular flexibility index (Phi) is 5.41. The van der Waals surface area contributed by atoms with Gasteiger partial charge in [-0.05, 0) is 51.9 Å². The summed E-state index contributed by atoms with van der Waals surface area (Å²) >= 11 is 1.80. The average molecular weight is 605 g/mol. The van der Waals surface area contributed by atoms with Crippen molar-refractivity contribution >= 4 is 74.9 Å². The summed E-state index contributed by atoms with van der Waals surface area (Å²) in [4.78, 5) is 15.7. The van der Waals surface area contributed by atoms with Gasteiger partial charge >= 0.3 is 0 Å². The summed E-state index contributed by atoms with van der Waals surface area (Å²) < 4.78 is 4.70. The van der Waals surface area contributed by atoms with E-state index in [4.69, 9.17) is 15.0 Å². The standard InChI is InChI=1S/C41H24N4S/c1-2-12-26(13-3-1)39-42-40(31-18-10-20-36-38(31)30-17-8-9-19-35(30)46-36)44-41(43-39)45-33-22-21-25-11-6-7-16-29(25)37(33)32-23-27-14-4-5-15-28(27)24-34(32)45/h1-24H. The van der Waals surface area contributed by atoms with Crippen LogP contribution in [0.4, 0.5) is 0 Å². The van der Waals surface area contributed by atoms with E-state index in [1.165, 1.54) is 52.5 Å². The Morgan fingerprint density at radius 3 is 2.00 bits per heavy atom. The van der Waals surface area contributed by atoms with E-state index in [0.717, 1.165) is 22.2 Å². The summed E-state index contributed by atoms with van der Waals surface area (Å²) in [5, 5.41) is 9.59. The molecule has 4 nitrogen and oxygen atoms in total. The fraction of sp³-hybridized carbons (Fsp3) is 0. The number of rotatable bonds is 3. The first-order valence-corrected chi connectivity index (χ1v) is 16.2. The second-order valence-electron chi connectivity index (χ2n) is 11.7. The molecule has 3 heterocycles. The lowest BCUT2D eigenvalue weighted by atomic mass is 10.0. The third-order valence-corrected chi connectivity index (χ3v) is 10.2. The van der Waals surface area contributed by atoms with Crippen LogP contribution in [0.3, 0.4) is 0 Å². The van der Waals surface area contributed by atoms with Crippen molar-refractivity contribution in [3.05, 3.63) is 146 Å². The Morgan fingerprint density at radius 1 is 0.435 bits per heavy atom. The summed E-state index contributed by atoms with van der Waals surface area (Å²) in [6.45, 7) is 0. The Morgan fingerprint density at radius 2 is 1.13 bits per heavy atom. The van der Waals surface area contributed by atoms with E-state index < -0.39 is 0 Å². The molecule has 0 unspecified atom stereocenters. The molecule has 5 heteroatoms. The third-order valence-electron chi connectivity index (χ3n) is 9.02. The molecule has 7 aromatic carbocycles. The molecule has 0 fully saturated rings. The van der Waals surface area contributed by atoms with Gasteiger partial charge in [0.1, 0.15) is 0 Å². The molecule has 0 N–H and O–H groups in total. The maximum atomic E-state index is 5.31. The lowest BCUT2D eigenvalue weighted by Gasteiger charge is -2.12. The molecule has 0 bridgehead atoms. The van der Waals surface area contributed by atoms with Crippen LogP contribution in [0.2, 0.25) is 0 Å². The van der Waals surface area contributed by atoms with Crippen molar-refractivity contribution in [1.82, 2.24) is 19.5 Å². The van der Waals surface area contributed by atoms with Gasteiger partial charge in [-0.15, -0.1) is 11.3 Å². The van der Waals surface area contributed by atoms with E-state index in [2.05, 4.69) is 132 Å². The van der Waals surface area contributed by atoms with Crippen LogP contribution in [0.25, 0.3) is 92.2 Å². The molecule has 0 aliphatic rings. The fourth-order valence-electron chi connectivity index (χ4n) is 6.95. The van der Waals surface area contributed by atoms with Crippen LogP contribution in [-0.4, -0.2) is 19.5 Å². The molecule has 0 amide bonds. The molecule has 214 valence electrons. The van der Waals surface area contributed by atoms with Crippen molar-refractivity contribution in [3.63, 3.8) is 0 Å². The van der Waals surface area contributed by atoms with Gasteiger partial charge in [0.2, 0.25) is 5.95 Å². The van der Waals surface area contributed by atoms with E-state index in [1.54, 1.807) is 11.3 Å². The molecular weight excluding hydrogens is 581 g/mol. The van der Waals surface area contributed by atoms with Crippen LogP contribution < -0.4 is 0 Å². The summed E-state index contributed by atoms with van der Waals surface area (Å²) in [6, 6.07) is 51.4. The van der Waals surface area contributed by atoms with Crippen molar-refractivity contribution in [2.24, 2.45) is 0 Å². The highest BCUT2D eigenvalue weighted by Crippen LogP contribution is 2.41. The molecule has 10 rings (SSSR count). The average Bonchev–Trinajstić information content (AvgIpc) is 3.66. The minimum Gasteiger partial charge on any atom is -0.278 e. The first-order chi connectivity index (χ1) is 22.8. The van der Waals surface area contributed by atoms with Crippen LogP contribution in [0.5, 0.6) is 0 Å². The van der Waals surface area contributed by atoms with Crippen LogP contribution in [0.1, 0.15) is 0 Å². The maximum absolute atomic E-state index is 5.31. The van der Waals surface area contributed by atoms with Gasteiger partial charge in [-0.25, -0.2) is 4.98 Å². The van der Waals surface area contributed by atoms with Crippen molar-refractivity contribution in [3.8, 4) is 28.7 Å². The minimum absolute atomic E-state index is 0.603. The van der Waals surface area contributed by atoms with Crippen molar-refractivity contribution < 1.29 is 0 Å². The number of nitrogens with zero attached hydrogens (tertiary/aromatic N) is 4. The second-order valence-corrected chi connectivity index (χ2v) is 12.7. The van der Waals surface area contributed by atoms with Crippen LogP contribution >= 0.6 is 11.3 Å². The molecule has 0 saturated carbocycles. The third kappa shape index (κ3) is 3.76. The quantitative estimate of drug-likeness (QED) is 0.201. The number of aromatic nitrogens is 4. The molecule has 0 saturated heterocycles. The number of hydrogen-bond donors (Lipinski definition) is 0. The van der Waals surface area contributed by atoms with Gasteiger partial charge < -0.3 is 0 Å². The van der Waals surface area contributed by atoms with Crippen LogP contribution in [0.15, 0.2) is 146 Å². The summed E-state index contributed by atoms with van der Waals surface area (Å²) in [5.41, 5.74) is 4.10. The zero-order valence-corrected chi connectivity index (χ0v) is 25.4. The van der Waals surface area contributed by atoms with Gasteiger partial charge in [-0.2, -0.15) is 9.97 Å². The molecule has 10 aromatic rings. The Balaban J connectivity index is 1.35. The minimum atomic E-state index is 0.603. The molecule has 3 aromatic heterocycles. The second kappa shape index (κ2) is 9.80. The summed E-state index contributed by atoms with van der Waals surface area (Å²) in [5.74, 6) is 1.91. The molecule has 46 heavy (non-hydrogen) atoms. The maximum Gasteiger partial charge on any atom is 0.238 e. The SMILES string of the molecule is c1ccc(-c2nc(-c3cccc4sc5ccccc5c34)nc(-n3c4cc5ccccc5cc4c4c5ccccc5ccc43)n2)cc1. The highest BCUT2D eigenvalue weighted by molar-refractivity contribution is 7.25. The van der Waals surface area contributed by atoms with Crippen molar-refractivity contribution in [2.75, 3.05) is 0 Å². The van der Waals surface area contributed by atoms with Crippen molar-refractivity contribution in [1.29, 1.82) is 0 Å². The number of hydrogen-bond acceptors (Lipinski definition) is 4. The predicted molar refractivity (Wildman–Crippen MR) is 193 cm³/mol. The van der Waals surface area contributed by atoms with Crippen molar-refractivity contribution in [2.45, 2.75) is 0 Å². The Bertz CT molecular complexity index is 2810. The monoisotopic (exact) mass is 604 g/mol. The van der Waals surface area contributed by atoms with E-state index in [9.17, 15) is 0 Å². The zero-order valence-electron chi connectivity index (χ0n) is 24.6. The topological polar surface area (TPSA) is 43.6 Å². The highest BCUT2D eigenvalue weighted by atomic mass is 32.1. The van der Waals surface area contributed by atoms with Gasteiger partial charge in [-0.3, -0.25) is 4.57 Å². The number of benzene rings is 7. The van der Waals surface area contributed by atoms with Gasteiger partial charge in [0.25, 0.3) is 0 Å². The van der Waals surface area contributed by atoms with Crippen LogP contribution in [-0.2, 0) is 0 Å². The normalized spacial score (nSPS) is 11.9. The Labute approximate surface area is 267 Å². The lowest BCUT2D eigenvalue weighted by Crippen LogP contribution is -2.06.